The van der Waals surface area contributed by atoms with Crippen molar-refractivity contribution < 1.29 is 9.18 Å². The van der Waals surface area contributed by atoms with Crippen molar-refractivity contribution in [3.8, 4) is 0 Å². The summed E-state index contributed by atoms with van der Waals surface area (Å²) in [6, 6.07) is 11.9. The van der Waals surface area contributed by atoms with Crippen LogP contribution in [-0.2, 0) is 0 Å². The van der Waals surface area contributed by atoms with Crippen molar-refractivity contribution in [2.45, 2.75) is 13.0 Å². The van der Waals surface area contributed by atoms with Gasteiger partial charge in [0.1, 0.15) is 5.82 Å². The van der Waals surface area contributed by atoms with Crippen LogP contribution in [0.4, 0.5) is 4.39 Å². The molecule has 0 bridgehead atoms. The van der Waals surface area contributed by atoms with Crippen LogP contribution in [0.1, 0.15) is 28.9 Å². The van der Waals surface area contributed by atoms with Crippen LogP contribution in [-0.4, -0.2) is 5.91 Å². The van der Waals surface area contributed by atoms with E-state index in [9.17, 15) is 9.18 Å². The van der Waals surface area contributed by atoms with Crippen LogP contribution >= 0.6 is 31.9 Å². The SMILES string of the molecule is C[C@@H](NC(=O)c1ccc(Br)c(F)c1)c1ccc(Br)cc1. The largest absolute Gasteiger partial charge is 0.346 e. The Kier molecular flexibility index (Phi) is 4.94. The normalized spacial score (nSPS) is 12.0. The highest BCUT2D eigenvalue weighted by Crippen LogP contribution is 2.19. The second kappa shape index (κ2) is 6.50. The zero-order valence-electron chi connectivity index (χ0n) is 10.7. The lowest BCUT2D eigenvalue weighted by Crippen LogP contribution is -2.26. The van der Waals surface area contributed by atoms with Crippen LogP contribution in [0.25, 0.3) is 0 Å². The molecule has 104 valence electrons. The maximum atomic E-state index is 13.4. The van der Waals surface area contributed by atoms with Gasteiger partial charge in [0.15, 0.2) is 0 Å². The molecule has 1 atom stereocenters. The molecule has 20 heavy (non-hydrogen) atoms. The second-order valence-corrected chi connectivity index (χ2v) is 6.15. The second-order valence-electron chi connectivity index (χ2n) is 4.38. The molecule has 0 aliphatic heterocycles. The minimum atomic E-state index is -0.450. The van der Waals surface area contributed by atoms with E-state index in [0.717, 1.165) is 10.0 Å². The third-order valence-electron chi connectivity index (χ3n) is 2.90. The lowest BCUT2D eigenvalue weighted by Gasteiger charge is -2.14. The minimum absolute atomic E-state index is 0.151. The lowest BCUT2D eigenvalue weighted by molar-refractivity contribution is 0.0939. The van der Waals surface area contributed by atoms with Gasteiger partial charge in [-0.1, -0.05) is 28.1 Å². The summed E-state index contributed by atoms with van der Waals surface area (Å²) in [5.41, 5.74) is 1.29. The highest BCUT2D eigenvalue weighted by Gasteiger charge is 2.12. The van der Waals surface area contributed by atoms with Gasteiger partial charge < -0.3 is 5.32 Å². The number of nitrogens with one attached hydrogen (secondary N) is 1. The summed E-state index contributed by atoms with van der Waals surface area (Å²) in [6.45, 7) is 1.89. The predicted octanol–water partition coefficient (Wildman–Crippen LogP) is 4.84. The maximum absolute atomic E-state index is 13.4. The van der Waals surface area contributed by atoms with E-state index < -0.39 is 5.82 Å². The smallest absolute Gasteiger partial charge is 0.251 e. The zero-order chi connectivity index (χ0) is 14.7. The lowest BCUT2D eigenvalue weighted by atomic mass is 10.1. The van der Waals surface area contributed by atoms with Crippen LogP contribution in [0.2, 0.25) is 0 Å². The zero-order valence-corrected chi connectivity index (χ0v) is 13.8. The van der Waals surface area contributed by atoms with E-state index in [-0.39, 0.29) is 11.9 Å². The molecule has 1 amide bonds. The molecule has 0 heterocycles. The average molecular weight is 401 g/mol. The maximum Gasteiger partial charge on any atom is 0.251 e. The molecule has 0 aromatic heterocycles. The predicted molar refractivity (Wildman–Crippen MR) is 84.1 cm³/mol. The average Bonchev–Trinajstić information content (AvgIpc) is 2.42. The van der Waals surface area contributed by atoms with Crippen molar-refractivity contribution in [1.29, 1.82) is 0 Å². The van der Waals surface area contributed by atoms with Crippen LogP contribution in [0, 0.1) is 5.82 Å². The summed E-state index contributed by atoms with van der Waals surface area (Å²) < 4.78 is 14.7. The molecule has 0 aliphatic rings. The van der Waals surface area contributed by atoms with Gasteiger partial charge in [0.05, 0.1) is 10.5 Å². The quantitative estimate of drug-likeness (QED) is 0.784. The Morgan fingerprint density at radius 3 is 2.40 bits per heavy atom. The van der Waals surface area contributed by atoms with Crippen molar-refractivity contribution in [1.82, 2.24) is 5.32 Å². The van der Waals surface area contributed by atoms with Gasteiger partial charge in [-0.2, -0.15) is 0 Å². The van der Waals surface area contributed by atoms with E-state index in [4.69, 9.17) is 0 Å². The molecule has 0 radical (unpaired) electrons. The van der Waals surface area contributed by atoms with Crippen molar-refractivity contribution in [3.63, 3.8) is 0 Å². The summed E-state index contributed by atoms with van der Waals surface area (Å²) >= 11 is 6.43. The molecule has 1 N–H and O–H groups in total. The number of benzene rings is 2. The van der Waals surface area contributed by atoms with Crippen LogP contribution in [0.5, 0.6) is 0 Å². The molecule has 0 aliphatic carbocycles. The first-order valence-corrected chi connectivity index (χ1v) is 7.57. The number of halogens is 3. The number of rotatable bonds is 3. The van der Waals surface area contributed by atoms with E-state index in [1.807, 2.05) is 31.2 Å². The van der Waals surface area contributed by atoms with Gasteiger partial charge >= 0.3 is 0 Å². The number of carbonyl (C=O) groups is 1. The Bertz CT molecular complexity index is 628. The monoisotopic (exact) mass is 399 g/mol. The van der Waals surface area contributed by atoms with Gasteiger partial charge in [0.25, 0.3) is 5.91 Å². The van der Waals surface area contributed by atoms with Gasteiger partial charge in [-0.15, -0.1) is 0 Å². The molecular weight excluding hydrogens is 389 g/mol. The van der Waals surface area contributed by atoms with Gasteiger partial charge in [0, 0.05) is 10.0 Å². The Balaban J connectivity index is 2.10. The molecular formula is C15H12Br2FNO. The Hall–Kier alpha value is -1.20. The summed E-state index contributed by atoms with van der Waals surface area (Å²) in [4.78, 5) is 12.1. The van der Waals surface area contributed by atoms with Crippen molar-refractivity contribution in [3.05, 3.63) is 68.4 Å². The van der Waals surface area contributed by atoms with Gasteiger partial charge in [0.2, 0.25) is 0 Å². The summed E-state index contributed by atoms with van der Waals surface area (Å²) in [6.07, 6.45) is 0. The highest BCUT2D eigenvalue weighted by atomic mass is 79.9. The minimum Gasteiger partial charge on any atom is -0.346 e. The third kappa shape index (κ3) is 3.67. The number of carbonyl (C=O) groups excluding carboxylic acids is 1. The molecule has 2 nitrogen and oxygen atoms in total. The molecule has 2 aromatic rings. The fourth-order valence-electron chi connectivity index (χ4n) is 1.75. The van der Waals surface area contributed by atoms with Crippen LogP contribution < -0.4 is 5.32 Å². The fraction of sp³-hybridized carbons (Fsp3) is 0.133. The number of hydrogen-bond donors (Lipinski definition) is 1. The van der Waals surface area contributed by atoms with E-state index in [1.165, 1.54) is 12.1 Å². The summed E-state index contributed by atoms with van der Waals surface area (Å²) in [5.74, 6) is -0.749. The molecule has 0 unspecified atom stereocenters. The fourth-order valence-corrected chi connectivity index (χ4v) is 2.26. The van der Waals surface area contributed by atoms with E-state index >= 15 is 0 Å². The Labute approximate surface area is 133 Å². The molecule has 0 saturated heterocycles. The number of amides is 1. The summed E-state index contributed by atoms with van der Waals surface area (Å²) in [7, 11) is 0. The van der Waals surface area contributed by atoms with Crippen molar-refractivity contribution in [2.24, 2.45) is 0 Å². The third-order valence-corrected chi connectivity index (χ3v) is 4.07. The van der Waals surface area contributed by atoms with E-state index in [0.29, 0.717) is 10.0 Å². The van der Waals surface area contributed by atoms with E-state index in [2.05, 4.69) is 37.2 Å². The molecule has 0 saturated carbocycles. The van der Waals surface area contributed by atoms with E-state index in [1.54, 1.807) is 6.07 Å². The molecule has 2 rings (SSSR count). The summed E-state index contributed by atoms with van der Waals surface area (Å²) in [5, 5.41) is 2.84. The molecule has 5 heteroatoms. The Morgan fingerprint density at radius 1 is 1.15 bits per heavy atom. The van der Waals surface area contributed by atoms with Gasteiger partial charge in [-0.25, -0.2) is 4.39 Å². The molecule has 0 spiro atoms. The van der Waals surface area contributed by atoms with Gasteiger partial charge in [-0.05, 0) is 58.7 Å². The van der Waals surface area contributed by atoms with Gasteiger partial charge in [-0.3, -0.25) is 4.79 Å². The number of hydrogen-bond acceptors (Lipinski definition) is 1. The van der Waals surface area contributed by atoms with Crippen LogP contribution in [0.15, 0.2) is 51.4 Å². The Morgan fingerprint density at radius 2 is 1.80 bits per heavy atom. The van der Waals surface area contributed by atoms with Crippen molar-refractivity contribution >= 4 is 37.8 Å². The first kappa shape index (κ1) is 15.2. The highest BCUT2D eigenvalue weighted by molar-refractivity contribution is 9.10. The van der Waals surface area contributed by atoms with Crippen LogP contribution in [0.3, 0.4) is 0 Å². The standard InChI is InChI=1S/C15H12Br2FNO/c1-9(10-2-5-12(16)6-3-10)19-15(20)11-4-7-13(17)14(18)8-11/h2-9H,1H3,(H,19,20)/t9-/m1/s1. The molecule has 2 aromatic carbocycles. The topological polar surface area (TPSA) is 29.1 Å². The first-order chi connectivity index (χ1) is 9.47. The molecule has 0 fully saturated rings. The first-order valence-electron chi connectivity index (χ1n) is 5.99. The van der Waals surface area contributed by atoms with Crippen molar-refractivity contribution in [2.75, 3.05) is 0 Å².